The summed E-state index contributed by atoms with van der Waals surface area (Å²) in [7, 11) is -4.19. The molecule has 4 aliphatic carbocycles. The zero-order valence-corrected chi connectivity index (χ0v) is 21.2. The molecule has 7 nitrogen and oxygen atoms in total. The Bertz CT molecular complexity index is 1140. The van der Waals surface area contributed by atoms with Gasteiger partial charge >= 0.3 is 6.18 Å². The van der Waals surface area contributed by atoms with E-state index < -0.39 is 38.5 Å². The van der Waals surface area contributed by atoms with E-state index in [1.165, 1.54) is 0 Å². The first kappa shape index (κ1) is 25.9. The molecule has 3 N–H and O–H groups in total. The number of nitrogens with zero attached hydrogens (tertiary/aromatic N) is 1. The molecule has 1 saturated heterocycles. The largest absolute Gasteiger partial charge is 0.421 e. The Balaban J connectivity index is 1.36. The van der Waals surface area contributed by atoms with E-state index in [-0.39, 0.29) is 35.2 Å². The molecular formula is C25H33F3N2O5S. The predicted molar refractivity (Wildman–Crippen MR) is 124 cm³/mol. The van der Waals surface area contributed by atoms with Gasteiger partial charge in [-0.05, 0) is 94.2 Å². The summed E-state index contributed by atoms with van der Waals surface area (Å²) in [4.78, 5) is 13.4. The fourth-order valence-corrected chi connectivity index (χ4v) is 9.13. The number of amides is 1. The summed E-state index contributed by atoms with van der Waals surface area (Å²) in [5.41, 5.74) is -5.57. The van der Waals surface area contributed by atoms with Crippen LogP contribution in [-0.2, 0) is 20.4 Å². The number of hydrogen-bond donors (Lipinski definition) is 3. The summed E-state index contributed by atoms with van der Waals surface area (Å²) in [6.45, 7) is 2.33. The van der Waals surface area contributed by atoms with E-state index in [9.17, 15) is 36.6 Å². The highest BCUT2D eigenvalue weighted by atomic mass is 32.2. The molecule has 1 amide bonds. The first-order chi connectivity index (χ1) is 16.6. The van der Waals surface area contributed by atoms with Crippen LogP contribution in [0.2, 0.25) is 0 Å². The minimum Gasteiger partial charge on any atom is -0.390 e. The molecule has 1 aromatic rings. The second-order valence-electron chi connectivity index (χ2n) is 11.7. The maximum Gasteiger partial charge on any atom is 0.421 e. The molecule has 5 aliphatic rings. The number of hydrogen-bond acceptors (Lipinski definition) is 5. The topological polar surface area (TPSA) is 107 Å². The quantitative estimate of drug-likeness (QED) is 0.543. The molecular weight excluding hydrogens is 497 g/mol. The lowest BCUT2D eigenvalue weighted by Gasteiger charge is -2.58. The van der Waals surface area contributed by atoms with Gasteiger partial charge in [-0.15, -0.1) is 0 Å². The van der Waals surface area contributed by atoms with E-state index >= 15 is 0 Å². The van der Waals surface area contributed by atoms with Crippen LogP contribution in [0.5, 0.6) is 0 Å². The lowest BCUT2D eigenvalue weighted by atomic mass is 9.52. The fraction of sp³-hybridized carbons (Fsp3) is 0.720. The summed E-state index contributed by atoms with van der Waals surface area (Å²) in [6, 6.07) is 3.89. The molecule has 6 rings (SSSR count). The molecule has 4 saturated carbocycles. The number of carbonyl (C=O) groups excluding carboxylic acids is 1. The summed E-state index contributed by atoms with van der Waals surface area (Å²) in [5.74, 6) is 0.453. The average Bonchev–Trinajstić information content (AvgIpc) is 3.18. The monoisotopic (exact) mass is 530 g/mol. The van der Waals surface area contributed by atoms with Crippen molar-refractivity contribution in [2.45, 2.75) is 92.6 Å². The van der Waals surface area contributed by atoms with Gasteiger partial charge in [0.1, 0.15) is 5.54 Å². The van der Waals surface area contributed by atoms with Crippen LogP contribution in [0.15, 0.2) is 29.2 Å². The molecule has 5 fully saturated rings. The normalized spacial score (nSPS) is 38.2. The molecule has 36 heavy (non-hydrogen) atoms. The van der Waals surface area contributed by atoms with E-state index in [0.29, 0.717) is 38.5 Å². The minimum absolute atomic E-state index is 0.0970. The van der Waals surface area contributed by atoms with Gasteiger partial charge in [0.15, 0.2) is 5.60 Å². The number of alkyl halides is 3. The van der Waals surface area contributed by atoms with Crippen molar-refractivity contribution in [3.05, 3.63) is 29.8 Å². The standard InChI is InChI=1S/C25H33F3N2O5S/c1-22(21(31)29-20-16-10-15-11-17(20)14-24(33,12-15)13-16)8-3-9-30(22)36(34,35)19-6-4-18(5-7-19)23(2,32)25(26,27)28/h4-7,15-17,20,32-33H,3,8-14H2,1-2H3,(H,29,31)/t15?,16?,17?,20?,22-,23?,24?/m1/s1. The Labute approximate surface area is 209 Å². The summed E-state index contributed by atoms with van der Waals surface area (Å²) < 4.78 is 67.7. The van der Waals surface area contributed by atoms with E-state index in [1.807, 2.05) is 0 Å². The Morgan fingerprint density at radius 2 is 1.69 bits per heavy atom. The van der Waals surface area contributed by atoms with E-state index in [4.69, 9.17) is 0 Å². The van der Waals surface area contributed by atoms with Crippen molar-refractivity contribution in [2.24, 2.45) is 17.8 Å². The van der Waals surface area contributed by atoms with Gasteiger partial charge in [0.05, 0.1) is 10.5 Å². The third-order valence-electron chi connectivity index (χ3n) is 9.16. The van der Waals surface area contributed by atoms with Gasteiger partial charge in [0.2, 0.25) is 15.9 Å². The van der Waals surface area contributed by atoms with Crippen LogP contribution in [0.25, 0.3) is 0 Å². The number of carbonyl (C=O) groups is 1. The molecule has 1 aromatic carbocycles. The van der Waals surface area contributed by atoms with E-state index in [2.05, 4.69) is 5.32 Å². The zero-order valence-electron chi connectivity index (χ0n) is 20.4. The average molecular weight is 531 g/mol. The maximum absolute atomic E-state index is 13.6. The SMILES string of the molecule is CC(O)(c1ccc(S(=O)(=O)N2CCC[C@]2(C)C(=O)NC2C3CC4CC2CC(O)(C4)C3)cc1)C(F)(F)F. The maximum atomic E-state index is 13.6. The smallest absolute Gasteiger partial charge is 0.390 e. The summed E-state index contributed by atoms with van der Waals surface area (Å²) >= 11 is 0. The lowest BCUT2D eigenvalue weighted by Crippen LogP contribution is -2.65. The van der Waals surface area contributed by atoms with Crippen molar-refractivity contribution in [1.82, 2.24) is 9.62 Å². The van der Waals surface area contributed by atoms with Crippen molar-refractivity contribution < 1.29 is 36.6 Å². The molecule has 200 valence electrons. The predicted octanol–water partition coefficient (Wildman–Crippen LogP) is 3.06. The van der Waals surface area contributed by atoms with Crippen molar-refractivity contribution in [3.8, 4) is 0 Å². The van der Waals surface area contributed by atoms with Gasteiger partial charge in [-0.1, -0.05) is 12.1 Å². The van der Waals surface area contributed by atoms with Crippen molar-refractivity contribution in [2.75, 3.05) is 6.54 Å². The lowest BCUT2D eigenvalue weighted by molar-refractivity contribution is -0.258. The number of benzene rings is 1. The Hall–Kier alpha value is -1.69. The van der Waals surface area contributed by atoms with Gasteiger partial charge in [-0.25, -0.2) is 8.42 Å². The molecule has 11 heteroatoms. The van der Waals surface area contributed by atoms with Crippen LogP contribution < -0.4 is 5.32 Å². The Kier molecular flexibility index (Phi) is 5.87. The highest BCUT2D eigenvalue weighted by Crippen LogP contribution is 2.55. The van der Waals surface area contributed by atoms with Crippen molar-refractivity contribution in [1.29, 1.82) is 0 Å². The molecule has 4 bridgehead atoms. The number of aliphatic hydroxyl groups is 2. The van der Waals surface area contributed by atoms with Gasteiger partial charge in [-0.3, -0.25) is 4.79 Å². The molecule has 3 unspecified atom stereocenters. The Morgan fingerprint density at radius 1 is 1.11 bits per heavy atom. The molecule has 1 aliphatic heterocycles. The second-order valence-corrected chi connectivity index (χ2v) is 13.6. The van der Waals surface area contributed by atoms with Crippen LogP contribution in [0.1, 0.15) is 64.4 Å². The number of rotatable bonds is 5. The first-order valence-corrected chi connectivity index (χ1v) is 14.0. The van der Waals surface area contributed by atoms with Gasteiger partial charge in [0, 0.05) is 12.6 Å². The molecule has 0 spiro atoms. The van der Waals surface area contributed by atoms with Gasteiger partial charge in [-0.2, -0.15) is 17.5 Å². The first-order valence-electron chi connectivity index (χ1n) is 12.5. The molecule has 0 aromatic heterocycles. The number of halogens is 3. The van der Waals surface area contributed by atoms with Crippen LogP contribution >= 0.6 is 0 Å². The van der Waals surface area contributed by atoms with Crippen molar-refractivity contribution >= 4 is 15.9 Å². The highest BCUT2D eigenvalue weighted by molar-refractivity contribution is 7.89. The second kappa shape index (κ2) is 8.15. The Morgan fingerprint density at radius 3 is 2.22 bits per heavy atom. The van der Waals surface area contributed by atoms with Crippen LogP contribution in [-0.4, -0.2) is 58.7 Å². The third-order valence-corrected chi connectivity index (χ3v) is 11.2. The highest BCUT2D eigenvalue weighted by Gasteiger charge is 2.57. The minimum atomic E-state index is -4.92. The number of nitrogens with one attached hydrogen (secondary N) is 1. The summed E-state index contributed by atoms with van der Waals surface area (Å²) in [6.07, 6.45) is -0.0897. The van der Waals surface area contributed by atoms with E-state index in [0.717, 1.165) is 47.8 Å². The van der Waals surface area contributed by atoms with Crippen LogP contribution in [0.4, 0.5) is 13.2 Å². The molecule has 0 radical (unpaired) electrons. The molecule has 1 heterocycles. The van der Waals surface area contributed by atoms with Gasteiger partial charge in [0.25, 0.3) is 0 Å². The van der Waals surface area contributed by atoms with E-state index in [1.54, 1.807) is 6.92 Å². The third kappa shape index (κ3) is 3.97. The summed E-state index contributed by atoms with van der Waals surface area (Å²) in [5, 5.41) is 23.9. The fourth-order valence-electron chi connectivity index (χ4n) is 7.32. The van der Waals surface area contributed by atoms with Crippen LogP contribution in [0.3, 0.4) is 0 Å². The zero-order chi connectivity index (χ0) is 26.3. The molecule has 4 atom stereocenters. The van der Waals surface area contributed by atoms with Crippen molar-refractivity contribution in [3.63, 3.8) is 0 Å². The van der Waals surface area contributed by atoms with Gasteiger partial charge < -0.3 is 15.5 Å². The van der Waals surface area contributed by atoms with Crippen LogP contribution in [0, 0.1) is 17.8 Å². The number of sulfonamides is 1.